The SMILES string of the molecule is CCOc1cc(C(=O)OCC(=O)c2cc(C)n(C)c2C)ccc1OC. The summed E-state index contributed by atoms with van der Waals surface area (Å²) in [5.41, 5.74) is 2.70. The van der Waals surface area contributed by atoms with Crippen LogP contribution in [0.1, 0.15) is 39.0 Å². The van der Waals surface area contributed by atoms with Crippen LogP contribution in [0.3, 0.4) is 0 Å². The number of carbonyl (C=O) groups excluding carboxylic acids is 2. The van der Waals surface area contributed by atoms with E-state index in [0.717, 1.165) is 11.4 Å². The summed E-state index contributed by atoms with van der Waals surface area (Å²) in [6.45, 7) is 5.76. The van der Waals surface area contributed by atoms with E-state index in [2.05, 4.69) is 0 Å². The highest BCUT2D eigenvalue weighted by molar-refractivity contribution is 6.00. The number of ether oxygens (including phenoxy) is 3. The number of hydrogen-bond donors (Lipinski definition) is 0. The predicted molar refractivity (Wildman–Crippen MR) is 93.7 cm³/mol. The number of methoxy groups -OCH3 is 1. The number of hydrogen-bond acceptors (Lipinski definition) is 5. The van der Waals surface area contributed by atoms with Crippen molar-refractivity contribution in [3.05, 3.63) is 46.8 Å². The smallest absolute Gasteiger partial charge is 0.338 e. The Morgan fingerprint density at radius 1 is 1.12 bits per heavy atom. The standard InChI is InChI=1S/C19H23NO5/c1-6-24-18-10-14(7-8-17(18)23-5)19(22)25-11-16(21)15-9-12(2)20(4)13(15)3/h7-10H,6,11H2,1-5H3. The van der Waals surface area contributed by atoms with Gasteiger partial charge in [-0.05, 0) is 45.0 Å². The molecule has 134 valence electrons. The average molecular weight is 345 g/mol. The van der Waals surface area contributed by atoms with Gasteiger partial charge in [-0.25, -0.2) is 4.79 Å². The highest BCUT2D eigenvalue weighted by Crippen LogP contribution is 2.28. The van der Waals surface area contributed by atoms with Gasteiger partial charge in [0.2, 0.25) is 5.78 Å². The van der Waals surface area contributed by atoms with Gasteiger partial charge in [0.15, 0.2) is 18.1 Å². The minimum absolute atomic E-state index is 0.229. The van der Waals surface area contributed by atoms with Crippen LogP contribution in [0, 0.1) is 13.8 Å². The molecule has 0 amide bonds. The second kappa shape index (κ2) is 7.88. The molecule has 2 aromatic rings. The summed E-state index contributed by atoms with van der Waals surface area (Å²) in [6, 6.07) is 6.55. The monoisotopic (exact) mass is 345 g/mol. The van der Waals surface area contributed by atoms with E-state index in [-0.39, 0.29) is 12.4 Å². The third-order valence-electron chi connectivity index (χ3n) is 4.11. The first-order valence-corrected chi connectivity index (χ1v) is 8.03. The van der Waals surface area contributed by atoms with E-state index < -0.39 is 5.97 Å². The Hall–Kier alpha value is -2.76. The molecule has 6 heteroatoms. The Balaban J connectivity index is 2.08. The molecule has 0 unspecified atom stereocenters. The van der Waals surface area contributed by atoms with Gasteiger partial charge in [0, 0.05) is 24.0 Å². The third-order valence-corrected chi connectivity index (χ3v) is 4.11. The lowest BCUT2D eigenvalue weighted by Crippen LogP contribution is -2.15. The van der Waals surface area contributed by atoms with Crippen molar-refractivity contribution in [2.24, 2.45) is 7.05 Å². The molecule has 0 aliphatic heterocycles. The largest absolute Gasteiger partial charge is 0.493 e. The fraction of sp³-hybridized carbons (Fsp3) is 0.368. The molecule has 1 heterocycles. The van der Waals surface area contributed by atoms with E-state index in [0.29, 0.717) is 29.2 Å². The molecule has 0 saturated heterocycles. The van der Waals surface area contributed by atoms with Gasteiger partial charge in [0.1, 0.15) is 0 Å². The lowest BCUT2D eigenvalue weighted by atomic mass is 10.1. The first kappa shape index (κ1) is 18.6. The molecule has 0 atom stereocenters. The van der Waals surface area contributed by atoms with Crippen molar-refractivity contribution in [1.29, 1.82) is 0 Å². The first-order chi connectivity index (χ1) is 11.9. The summed E-state index contributed by atoms with van der Waals surface area (Å²) in [6.07, 6.45) is 0. The van der Waals surface area contributed by atoms with Crippen LogP contribution in [-0.4, -0.2) is 36.6 Å². The Labute approximate surface area is 147 Å². The highest BCUT2D eigenvalue weighted by Gasteiger charge is 2.17. The summed E-state index contributed by atoms with van der Waals surface area (Å²) < 4.78 is 17.7. The van der Waals surface area contributed by atoms with Crippen molar-refractivity contribution in [1.82, 2.24) is 4.57 Å². The molecule has 0 aliphatic carbocycles. The number of Topliss-reactive ketones (excluding diaryl/α,β-unsaturated/α-hetero) is 1. The summed E-state index contributed by atoms with van der Waals surface area (Å²) in [5.74, 6) is 0.181. The number of ketones is 1. The van der Waals surface area contributed by atoms with Crippen LogP contribution >= 0.6 is 0 Å². The van der Waals surface area contributed by atoms with Crippen LogP contribution in [0.4, 0.5) is 0 Å². The number of carbonyl (C=O) groups is 2. The van der Waals surface area contributed by atoms with Crippen molar-refractivity contribution >= 4 is 11.8 Å². The molecule has 1 aromatic carbocycles. The third kappa shape index (κ3) is 4.02. The molecule has 2 rings (SSSR count). The summed E-state index contributed by atoms with van der Waals surface area (Å²) in [5, 5.41) is 0. The van der Waals surface area contributed by atoms with Gasteiger partial charge >= 0.3 is 5.97 Å². The molecule has 1 aromatic heterocycles. The van der Waals surface area contributed by atoms with E-state index in [4.69, 9.17) is 14.2 Å². The number of aryl methyl sites for hydroxylation is 1. The van der Waals surface area contributed by atoms with E-state index in [9.17, 15) is 9.59 Å². The number of aromatic nitrogens is 1. The quantitative estimate of drug-likeness (QED) is 0.570. The van der Waals surface area contributed by atoms with E-state index >= 15 is 0 Å². The summed E-state index contributed by atoms with van der Waals surface area (Å²) in [4.78, 5) is 24.5. The number of nitrogens with zero attached hydrogens (tertiary/aromatic N) is 1. The zero-order valence-corrected chi connectivity index (χ0v) is 15.2. The molecule has 0 aliphatic rings. The van der Waals surface area contributed by atoms with E-state index in [1.54, 1.807) is 24.3 Å². The molecule has 0 N–H and O–H groups in total. The second-order valence-electron chi connectivity index (χ2n) is 5.64. The molecule has 0 radical (unpaired) electrons. The fourth-order valence-electron chi connectivity index (χ4n) is 2.50. The van der Waals surface area contributed by atoms with Gasteiger partial charge in [-0.2, -0.15) is 0 Å². The van der Waals surface area contributed by atoms with Crippen LogP contribution in [0.25, 0.3) is 0 Å². The minimum atomic E-state index is -0.581. The summed E-state index contributed by atoms with van der Waals surface area (Å²) in [7, 11) is 3.42. The van der Waals surface area contributed by atoms with Crippen LogP contribution in [0.5, 0.6) is 11.5 Å². The van der Waals surface area contributed by atoms with Crippen LogP contribution in [-0.2, 0) is 11.8 Å². The molecular weight excluding hydrogens is 322 g/mol. The predicted octanol–water partition coefficient (Wildman–Crippen LogP) is 3.09. The highest BCUT2D eigenvalue weighted by atomic mass is 16.5. The normalized spacial score (nSPS) is 10.4. The number of rotatable bonds is 7. The topological polar surface area (TPSA) is 66.8 Å². The summed E-state index contributed by atoms with van der Waals surface area (Å²) >= 11 is 0. The zero-order valence-electron chi connectivity index (χ0n) is 15.2. The van der Waals surface area contributed by atoms with Crippen LogP contribution in [0.2, 0.25) is 0 Å². The maximum atomic E-state index is 12.3. The fourth-order valence-corrected chi connectivity index (χ4v) is 2.50. The molecule has 25 heavy (non-hydrogen) atoms. The minimum Gasteiger partial charge on any atom is -0.493 e. The second-order valence-corrected chi connectivity index (χ2v) is 5.64. The Morgan fingerprint density at radius 3 is 2.40 bits per heavy atom. The average Bonchev–Trinajstić information content (AvgIpc) is 2.87. The van der Waals surface area contributed by atoms with Crippen molar-refractivity contribution in [3.63, 3.8) is 0 Å². The number of esters is 1. The van der Waals surface area contributed by atoms with Gasteiger partial charge in [0.25, 0.3) is 0 Å². The molecular formula is C19H23NO5. The van der Waals surface area contributed by atoms with Crippen molar-refractivity contribution in [3.8, 4) is 11.5 Å². The van der Waals surface area contributed by atoms with Gasteiger partial charge in [0.05, 0.1) is 19.3 Å². The van der Waals surface area contributed by atoms with Gasteiger partial charge in [-0.3, -0.25) is 4.79 Å². The van der Waals surface area contributed by atoms with Gasteiger partial charge < -0.3 is 18.8 Å². The Kier molecular flexibility index (Phi) is 5.85. The Morgan fingerprint density at radius 2 is 1.84 bits per heavy atom. The van der Waals surface area contributed by atoms with Crippen molar-refractivity contribution in [2.75, 3.05) is 20.3 Å². The van der Waals surface area contributed by atoms with Crippen LogP contribution < -0.4 is 9.47 Å². The molecule has 0 spiro atoms. The molecule has 0 fully saturated rings. The van der Waals surface area contributed by atoms with Crippen molar-refractivity contribution in [2.45, 2.75) is 20.8 Å². The van der Waals surface area contributed by atoms with Crippen molar-refractivity contribution < 1.29 is 23.8 Å². The lowest BCUT2D eigenvalue weighted by Gasteiger charge is -2.11. The van der Waals surface area contributed by atoms with E-state index in [1.165, 1.54) is 7.11 Å². The van der Waals surface area contributed by atoms with Crippen LogP contribution in [0.15, 0.2) is 24.3 Å². The maximum absolute atomic E-state index is 12.3. The molecule has 6 nitrogen and oxygen atoms in total. The Bertz CT molecular complexity index is 791. The maximum Gasteiger partial charge on any atom is 0.338 e. The van der Waals surface area contributed by atoms with Gasteiger partial charge in [-0.15, -0.1) is 0 Å². The van der Waals surface area contributed by atoms with E-state index in [1.807, 2.05) is 32.4 Å². The zero-order chi connectivity index (χ0) is 18.6. The molecule has 0 saturated carbocycles. The number of benzene rings is 1. The first-order valence-electron chi connectivity index (χ1n) is 8.03. The molecule has 0 bridgehead atoms. The van der Waals surface area contributed by atoms with Gasteiger partial charge in [-0.1, -0.05) is 0 Å². The lowest BCUT2D eigenvalue weighted by molar-refractivity contribution is 0.0474.